The molecule has 0 spiro atoms. The van der Waals surface area contributed by atoms with E-state index in [2.05, 4.69) is 24.4 Å². The highest BCUT2D eigenvalue weighted by molar-refractivity contribution is 5.80. The van der Waals surface area contributed by atoms with Crippen LogP contribution in [-0.4, -0.2) is 18.1 Å². The highest BCUT2D eigenvalue weighted by Crippen LogP contribution is 2.19. The van der Waals surface area contributed by atoms with Gasteiger partial charge in [-0.25, -0.2) is 0 Å². The first kappa shape index (κ1) is 21.7. The number of esters is 1. The Kier molecular flexibility index (Phi) is 11.2. The third-order valence-corrected chi connectivity index (χ3v) is 4.78. The van der Waals surface area contributed by atoms with Gasteiger partial charge in [-0.2, -0.15) is 0 Å². The number of nitrogens with one attached hydrogen (secondary N) is 1. The van der Waals surface area contributed by atoms with Crippen LogP contribution in [0.3, 0.4) is 0 Å². The molecule has 1 aromatic rings. The smallest absolute Gasteiger partial charge is 0.326 e. The van der Waals surface area contributed by atoms with Crippen LogP contribution in [0.15, 0.2) is 30.3 Å². The maximum atomic E-state index is 12.4. The normalized spacial score (nSPS) is 13.4. The molecule has 1 rings (SSSR count). The first-order chi connectivity index (χ1) is 12.1. The van der Waals surface area contributed by atoms with Crippen molar-refractivity contribution in [3.05, 3.63) is 35.9 Å². The minimum atomic E-state index is -0.603. The Hall–Kier alpha value is -1.35. The third-order valence-electron chi connectivity index (χ3n) is 4.78. The summed E-state index contributed by atoms with van der Waals surface area (Å²) in [6, 6.07) is 10.2. The number of unbranched alkanes of at least 4 members (excludes halogenated alkanes) is 7. The van der Waals surface area contributed by atoms with Crippen LogP contribution >= 0.6 is 0 Å². The Balaban J connectivity index is 2.39. The molecule has 0 saturated heterocycles. The second kappa shape index (κ2) is 12.9. The molecule has 0 aliphatic heterocycles. The van der Waals surface area contributed by atoms with Gasteiger partial charge in [-0.1, -0.05) is 88.6 Å². The molecule has 0 fully saturated rings. The van der Waals surface area contributed by atoms with E-state index < -0.39 is 5.54 Å². The summed E-state index contributed by atoms with van der Waals surface area (Å²) in [6.07, 6.45) is 11.0. The average Bonchev–Trinajstić information content (AvgIpc) is 2.63. The van der Waals surface area contributed by atoms with Crippen molar-refractivity contribution in [2.75, 3.05) is 6.61 Å². The molecule has 3 heteroatoms. The first-order valence-corrected chi connectivity index (χ1v) is 10.1. The Morgan fingerprint density at radius 1 is 0.960 bits per heavy atom. The molecule has 0 aliphatic carbocycles. The number of carbonyl (C=O) groups is 1. The van der Waals surface area contributed by atoms with Crippen LogP contribution < -0.4 is 5.32 Å². The molecule has 142 valence electrons. The zero-order valence-corrected chi connectivity index (χ0v) is 16.5. The van der Waals surface area contributed by atoms with Crippen LogP contribution in [0, 0.1) is 0 Å². The van der Waals surface area contributed by atoms with E-state index in [0.29, 0.717) is 13.2 Å². The van der Waals surface area contributed by atoms with Gasteiger partial charge in [0, 0.05) is 6.54 Å². The number of hydrogen-bond donors (Lipinski definition) is 1. The van der Waals surface area contributed by atoms with Crippen LogP contribution in [0.1, 0.15) is 84.1 Å². The van der Waals surface area contributed by atoms with E-state index in [9.17, 15) is 4.79 Å². The van der Waals surface area contributed by atoms with E-state index in [4.69, 9.17) is 4.74 Å². The van der Waals surface area contributed by atoms with Crippen molar-refractivity contribution in [1.29, 1.82) is 0 Å². The van der Waals surface area contributed by atoms with E-state index >= 15 is 0 Å². The van der Waals surface area contributed by atoms with E-state index in [1.807, 2.05) is 32.0 Å². The summed E-state index contributed by atoms with van der Waals surface area (Å²) < 4.78 is 5.32. The second-order valence-corrected chi connectivity index (χ2v) is 7.12. The fourth-order valence-corrected chi connectivity index (χ4v) is 3.06. The lowest BCUT2D eigenvalue weighted by Gasteiger charge is -2.29. The summed E-state index contributed by atoms with van der Waals surface area (Å²) in [5.74, 6) is -0.131. The number of rotatable bonds is 14. The quantitative estimate of drug-likeness (QED) is 0.350. The number of carbonyl (C=O) groups excluding carboxylic acids is 1. The number of hydrogen-bond acceptors (Lipinski definition) is 3. The highest BCUT2D eigenvalue weighted by Gasteiger charge is 2.33. The monoisotopic (exact) mass is 347 g/mol. The van der Waals surface area contributed by atoms with Crippen LogP contribution in [0.2, 0.25) is 0 Å². The number of benzene rings is 1. The maximum absolute atomic E-state index is 12.4. The lowest BCUT2D eigenvalue weighted by atomic mass is 9.93. The summed E-state index contributed by atoms with van der Waals surface area (Å²) in [7, 11) is 0. The summed E-state index contributed by atoms with van der Waals surface area (Å²) >= 11 is 0. The molecule has 3 nitrogen and oxygen atoms in total. The van der Waals surface area contributed by atoms with Crippen LogP contribution in [-0.2, 0) is 16.1 Å². The third kappa shape index (κ3) is 9.06. The lowest BCUT2D eigenvalue weighted by Crippen LogP contribution is -2.50. The standard InChI is InChI=1S/C22H37NO2/c1-4-6-7-8-9-10-11-15-18-22(3,21(24)25-5-2)23-19-20-16-13-12-14-17-20/h12-14,16-17,23H,4-11,15,18-19H2,1-3H3. The molecule has 25 heavy (non-hydrogen) atoms. The zero-order valence-electron chi connectivity index (χ0n) is 16.5. The van der Waals surface area contributed by atoms with Gasteiger partial charge in [-0.15, -0.1) is 0 Å². The highest BCUT2D eigenvalue weighted by atomic mass is 16.5. The molecule has 1 N–H and O–H groups in total. The topological polar surface area (TPSA) is 38.3 Å². The Morgan fingerprint density at radius 3 is 2.16 bits per heavy atom. The summed E-state index contributed by atoms with van der Waals surface area (Å²) in [4.78, 5) is 12.4. The Labute approximate surface area is 154 Å². The minimum Gasteiger partial charge on any atom is -0.465 e. The van der Waals surface area contributed by atoms with Crippen molar-refractivity contribution in [2.45, 2.75) is 90.6 Å². The van der Waals surface area contributed by atoms with Crippen LogP contribution in [0.5, 0.6) is 0 Å². The van der Waals surface area contributed by atoms with E-state index in [-0.39, 0.29) is 5.97 Å². The molecule has 1 aromatic carbocycles. The van der Waals surface area contributed by atoms with Crippen molar-refractivity contribution in [1.82, 2.24) is 5.32 Å². The largest absolute Gasteiger partial charge is 0.465 e. The molecule has 1 atom stereocenters. The molecule has 1 unspecified atom stereocenters. The molecule has 0 amide bonds. The molecule has 0 aromatic heterocycles. The molecular formula is C22H37NO2. The fraction of sp³-hybridized carbons (Fsp3) is 0.682. The molecule has 0 heterocycles. The molecule has 0 radical (unpaired) electrons. The van der Waals surface area contributed by atoms with Gasteiger partial charge in [0.25, 0.3) is 0 Å². The molecule has 0 bridgehead atoms. The number of ether oxygens (including phenoxy) is 1. The fourth-order valence-electron chi connectivity index (χ4n) is 3.06. The van der Waals surface area contributed by atoms with Gasteiger partial charge in [0.2, 0.25) is 0 Å². The Morgan fingerprint density at radius 2 is 1.56 bits per heavy atom. The minimum absolute atomic E-state index is 0.131. The van der Waals surface area contributed by atoms with Gasteiger partial charge in [0.1, 0.15) is 5.54 Å². The van der Waals surface area contributed by atoms with Gasteiger partial charge in [0.15, 0.2) is 0 Å². The van der Waals surface area contributed by atoms with E-state index in [1.54, 1.807) is 0 Å². The van der Waals surface area contributed by atoms with E-state index in [1.165, 1.54) is 50.5 Å². The van der Waals surface area contributed by atoms with Crippen LogP contribution in [0.25, 0.3) is 0 Å². The SMILES string of the molecule is CCCCCCCCCCC(C)(NCc1ccccc1)C(=O)OCC. The van der Waals surface area contributed by atoms with Crippen LogP contribution in [0.4, 0.5) is 0 Å². The lowest BCUT2D eigenvalue weighted by molar-refractivity contribution is -0.151. The van der Waals surface area contributed by atoms with Crippen molar-refractivity contribution in [3.8, 4) is 0 Å². The van der Waals surface area contributed by atoms with Crippen molar-refractivity contribution in [2.24, 2.45) is 0 Å². The van der Waals surface area contributed by atoms with Gasteiger partial charge in [-0.3, -0.25) is 10.1 Å². The summed E-state index contributed by atoms with van der Waals surface area (Å²) in [6.45, 7) is 7.21. The molecule has 0 saturated carbocycles. The molecular weight excluding hydrogens is 310 g/mol. The average molecular weight is 348 g/mol. The first-order valence-electron chi connectivity index (χ1n) is 10.1. The predicted molar refractivity (Wildman–Crippen MR) is 106 cm³/mol. The van der Waals surface area contributed by atoms with E-state index in [0.717, 1.165) is 12.8 Å². The maximum Gasteiger partial charge on any atom is 0.326 e. The van der Waals surface area contributed by atoms with Crippen molar-refractivity contribution < 1.29 is 9.53 Å². The Bertz CT molecular complexity index is 460. The summed E-state index contributed by atoms with van der Waals surface area (Å²) in [5, 5.41) is 3.44. The van der Waals surface area contributed by atoms with Gasteiger partial charge >= 0.3 is 5.97 Å². The van der Waals surface area contributed by atoms with Crippen molar-refractivity contribution in [3.63, 3.8) is 0 Å². The second-order valence-electron chi connectivity index (χ2n) is 7.12. The van der Waals surface area contributed by atoms with Gasteiger partial charge in [0.05, 0.1) is 6.61 Å². The predicted octanol–water partition coefficient (Wildman–Crippen LogP) is 5.63. The zero-order chi connectivity index (χ0) is 18.4. The molecule has 0 aliphatic rings. The van der Waals surface area contributed by atoms with Gasteiger partial charge in [-0.05, 0) is 25.8 Å². The van der Waals surface area contributed by atoms with Gasteiger partial charge < -0.3 is 4.74 Å². The summed E-state index contributed by atoms with van der Waals surface area (Å²) in [5.41, 5.74) is 0.586. The van der Waals surface area contributed by atoms with Crippen molar-refractivity contribution >= 4 is 5.97 Å².